The molecular formula is C15H21NO3. The number of carboxylic acid groups (broad SMARTS) is 1. The van der Waals surface area contributed by atoms with E-state index in [1.807, 2.05) is 19.1 Å². The van der Waals surface area contributed by atoms with Crippen molar-refractivity contribution in [3.8, 4) is 5.75 Å². The molecule has 3 atom stereocenters. The Labute approximate surface area is 113 Å². The molecule has 1 fully saturated rings. The van der Waals surface area contributed by atoms with Crippen LogP contribution < -0.4 is 0 Å². The molecule has 4 heteroatoms. The maximum absolute atomic E-state index is 11.2. The van der Waals surface area contributed by atoms with E-state index in [-0.39, 0.29) is 17.9 Å². The molecule has 2 rings (SSSR count). The van der Waals surface area contributed by atoms with E-state index in [0.29, 0.717) is 12.3 Å². The number of hydrogen-bond donors (Lipinski definition) is 2. The number of rotatable bonds is 4. The van der Waals surface area contributed by atoms with Crippen LogP contribution in [-0.2, 0) is 4.79 Å². The van der Waals surface area contributed by atoms with Crippen molar-refractivity contribution >= 4 is 5.97 Å². The Morgan fingerprint density at radius 1 is 1.42 bits per heavy atom. The van der Waals surface area contributed by atoms with Gasteiger partial charge in [0.15, 0.2) is 0 Å². The molecule has 0 bridgehead atoms. The summed E-state index contributed by atoms with van der Waals surface area (Å²) in [5.74, 6) is -0.583. The Bertz CT molecular complexity index is 460. The fourth-order valence-corrected chi connectivity index (χ4v) is 3.02. The highest BCUT2D eigenvalue weighted by atomic mass is 16.4. The summed E-state index contributed by atoms with van der Waals surface area (Å²) in [6.45, 7) is 5.37. The average Bonchev–Trinajstić information content (AvgIpc) is 2.75. The lowest BCUT2D eigenvalue weighted by molar-refractivity contribution is -0.142. The van der Waals surface area contributed by atoms with Gasteiger partial charge in [-0.3, -0.25) is 9.69 Å². The number of likely N-dealkylation sites (tertiary alicyclic amines) is 1. The number of para-hydroxylation sites is 1. The molecule has 0 radical (unpaired) electrons. The number of nitrogens with zero attached hydrogens (tertiary/aromatic N) is 1. The van der Waals surface area contributed by atoms with E-state index in [1.54, 1.807) is 12.1 Å². The fourth-order valence-electron chi connectivity index (χ4n) is 3.02. The van der Waals surface area contributed by atoms with Crippen molar-refractivity contribution < 1.29 is 15.0 Å². The van der Waals surface area contributed by atoms with Crippen molar-refractivity contribution in [2.75, 3.05) is 13.1 Å². The van der Waals surface area contributed by atoms with Gasteiger partial charge >= 0.3 is 5.97 Å². The number of aliphatic carboxylic acids is 1. The fraction of sp³-hybridized carbons (Fsp3) is 0.533. The molecule has 0 aliphatic carbocycles. The molecule has 1 aromatic carbocycles. The standard InChI is InChI=1S/C15H21NO3/c1-3-13(11-6-4-5-7-14(11)17)16-8-10(2)12(9-16)15(18)19/h4-7,10,12-13,17H,3,8-9H2,1-2H3,(H,18,19)/t10-,12-,13?/m1/s1. The lowest BCUT2D eigenvalue weighted by Gasteiger charge is -2.27. The number of aromatic hydroxyl groups is 1. The first-order valence-electron chi connectivity index (χ1n) is 6.79. The Hall–Kier alpha value is -1.55. The number of phenolic OH excluding ortho intramolecular Hbond substituents is 1. The third kappa shape index (κ3) is 2.73. The SMILES string of the molecule is CCC(c1ccccc1O)N1C[C@@H](C)[C@H](C(=O)O)C1. The molecule has 104 valence electrons. The summed E-state index contributed by atoms with van der Waals surface area (Å²) < 4.78 is 0. The van der Waals surface area contributed by atoms with Gasteiger partial charge in [-0.15, -0.1) is 0 Å². The first kappa shape index (κ1) is 13.9. The summed E-state index contributed by atoms with van der Waals surface area (Å²) in [5, 5.41) is 19.2. The predicted molar refractivity (Wildman–Crippen MR) is 73.0 cm³/mol. The van der Waals surface area contributed by atoms with Crippen molar-refractivity contribution in [3.63, 3.8) is 0 Å². The lowest BCUT2D eigenvalue weighted by atomic mass is 9.99. The minimum absolute atomic E-state index is 0.0907. The summed E-state index contributed by atoms with van der Waals surface area (Å²) in [4.78, 5) is 13.4. The molecule has 1 heterocycles. The van der Waals surface area contributed by atoms with Gasteiger partial charge in [0.05, 0.1) is 5.92 Å². The largest absolute Gasteiger partial charge is 0.508 e. The van der Waals surface area contributed by atoms with E-state index in [0.717, 1.165) is 18.5 Å². The molecule has 1 unspecified atom stereocenters. The normalized spacial score (nSPS) is 25.4. The van der Waals surface area contributed by atoms with Crippen LogP contribution in [0.2, 0.25) is 0 Å². The second kappa shape index (κ2) is 5.61. The van der Waals surface area contributed by atoms with Gasteiger partial charge < -0.3 is 10.2 Å². The third-order valence-corrected chi connectivity index (χ3v) is 4.08. The van der Waals surface area contributed by atoms with Crippen LogP contribution in [0.25, 0.3) is 0 Å². The van der Waals surface area contributed by atoms with E-state index in [1.165, 1.54) is 0 Å². The van der Waals surface area contributed by atoms with Crippen LogP contribution in [0.15, 0.2) is 24.3 Å². The van der Waals surface area contributed by atoms with Crippen molar-refractivity contribution in [3.05, 3.63) is 29.8 Å². The van der Waals surface area contributed by atoms with Gasteiger partial charge in [0.2, 0.25) is 0 Å². The maximum Gasteiger partial charge on any atom is 0.308 e. The zero-order valence-electron chi connectivity index (χ0n) is 11.4. The molecule has 1 saturated heterocycles. The molecule has 0 amide bonds. The second-order valence-electron chi connectivity index (χ2n) is 5.36. The van der Waals surface area contributed by atoms with Crippen LogP contribution >= 0.6 is 0 Å². The van der Waals surface area contributed by atoms with Gasteiger partial charge in [0.25, 0.3) is 0 Å². The summed E-state index contributed by atoms with van der Waals surface area (Å²) in [6, 6.07) is 7.41. The highest BCUT2D eigenvalue weighted by Crippen LogP contribution is 2.36. The van der Waals surface area contributed by atoms with Gasteiger partial charge in [-0.1, -0.05) is 32.0 Å². The average molecular weight is 263 g/mol. The quantitative estimate of drug-likeness (QED) is 0.876. The summed E-state index contributed by atoms with van der Waals surface area (Å²) in [5.41, 5.74) is 0.892. The van der Waals surface area contributed by atoms with Crippen LogP contribution in [-0.4, -0.2) is 34.2 Å². The van der Waals surface area contributed by atoms with Crippen LogP contribution in [0, 0.1) is 11.8 Å². The van der Waals surface area contributed by atoms with Gasteiger partial charge in [0, 0.05) is 24.7 Å². The van der Waals surface area contributed by atoms with Crippen LogP contribution in [0.5, 0.6) is 5.75 Å². The Morgan fingerprint density at radius 2 is 2.11 bits per heavy atom. The van der Waals surface area contributed by atoms with E-state index in [4.69, 9.17) is 0 Å². The zero-order chi connectivity index (χ0) is 14.0. The molecular weight excluding hydrogens is 242 g/mol. The Kier molecular flexibility index (Phi) is 4.10. The topological polar surface area (TPSA) is 60.8 Å². The Balaban J connectivity index is 2.20. The first-order valence-corrected chi connectivity index (χ1v) is 6.79. The molecule has 2 N–H and O–H groups in total. The van der Waals surface area contributed by atoms with Crippen molar-refractivity contribution in [1.82, 2.24) is 4.90 Å². The monoisotopic (exact) mass is 263 g/mol. The number of hydrogen-bond acceptors (Lipinski definition) is 3. The van der Waals surface area contributed by atoms with Crippen molar-refractivity contribution in [2.45, 2.75) is 26.3 Å². The van der Waals surface area contributed by atoms with Crippen LogP contribution in [0.1, 0.15) is 31.9 Å². The summed E-state index contributed by atoms with van der Waals surface area (Å²) in [6.07, 6.45) is 0.858. The molecule has 0 spiro atoms. The summed E-state index contributed by atoms with van der Waals surface area (Å²) in [7, 11) is 0. The van der Waals surface area contributed by atoms with Gasteiger partial charge in [-0.2, -0.15) is 0 Å². The van der Waals surface area contributed by atoms with E-state index in [2.05, 4.69) is 11.8 Å². The van der Waals surface area contributed by atoms with Crippen LogP contribution in [0.4, 0.5) is 0 Å². The third-order valence-electron chi connectivity index (χ3n) is 4.08. The highest BCUT2D eigenvalue weighted by Gasteiger charge is 2.38. The minimum atomic E-state index is -0.720. The molecule has 19 heavy (non-hydrogen) atoms. The number of carboxylic acids is 1. The first-order chi connectivity index (χ1) is 9.04. The van der Waals surface area contributed by atoms with E-state index in [9.17, 15) is 15.0 Å². The summed E-state index contributed by atoms with van der Waals surface area (Å²) >= 11 is 0. The lowest BCUT2D eigenvalue weighted by Crippen LogP contribution is -2.27. The molecule has 0 saturated carbocycles. The Morgan fingerprint density at radius 3 is 2.63 bits per heavy atom. The molecule has 0 aromatic heterocycles. The smallest absolute Gasteiger partial charge is 0.308 e. The van der Waals surface area contributed by atoms with E-state index >= 15 is 0 Å². The highest BCUT2D eigenvalue weighted by molar-refractivity contribution is 5.71. The maximum atomic E-state index is 11.2. The van der Waals surface area contributed by atoms with Gasteiger partial charge in [-0.05, 0) is 18.4 Å². The molecule has 1 aromatic rings. The molecule has 1 aliphatic heterocycles. The number of phenols is 1. The number of carbonyl (C=O) groups is 1. The second-order valence-corrected chi connectivity index (χ2v) is 5.36. The van der Waals surface area contributed by atoms with Crippen LogP contribution in [0.3, 0.4) is 0 Å². The minimum Gasteiger partial charge on any atom is -0.508 e. The molecule has 1 aliphatic rings. The van der Waals surface area contributed by atoms with Crippen molar-refractivity contribution in [2.24, 2.45) is 11.8 Å². The zero-order valence-corrected chi connectivity index (χ0v) is 11.4. The number of benzene rings is 1. The van der Waals surface area contributed by atoms with Gasteiger partial charge in [0.1, 0.15) is 5.75 Å². The van der Waals surface area contributed by atoms with E-state index < -0.39 is 5.97 Å². The van der Waals surface area contributed by atoms with Crippen molar-refractivity contribution in [1.29, 1.82) is 0 Å². The molecule has 4 nitrogen and oxygen atoms in total. The predicted octanol–water partition coefficient (Wildman–Crippen LogP) is 2.50. The van der Waals surface area contributed by atoms with Gasteiger partial charge in [-0.25, -0.2) is 0 Å².